The first kappa shape index (κ1) is 14.8. The Morgan fingerprint density at radius 1 is 1.33 bits per heavy atom. The van der Waals surface area contributed by atoms with Gasteiger partial charge in [-0.3, -0.25) is 9.53 Å². The third kappa shape index (κ3) is 4.93. The van der Waals surface area contributed by atoms with Gasteiger partial charge in [0.2, 0.25) is 0 Å². The molecule has 0 heterocycles. The number of carboxylic acid groups (broad SMARTS) is 1. The highest BCUT2D eigenvalue weighted by atomic mass is 35.5. The van der Waals surface area contributed by atoms with E-state index in [4.69, 9.17) is 16.7 Å². The van der Waals surface area contributed by atoms with Crippen molar-refractivity contribution in [1.29, 1.82) is 0 Å². The standard InChI is InChI=1S/C11H10ClF3O3/c12-8-3-1-7(2-4-8)9(10(16)17)5-6-18-11(13,14)15/h1-4,9H,5-6H2,(H,16,17). The lowest BCUT2D eigenvalue weighted by molar-refractivity contribution is -0.325. The van der Waals surface area contributed by atoms with E-state index in [1.54, 1.807) is 0 Å². The van der Waals surface area contributed by atoms with Gasteiger partial charge in [-0.2, -0.15) is 0 Å². The number of hydrogen-bond donors (Lipinski definition) is 1. The zero-order valence-electron chi connectivity index (χ0n) is 9.08. The van der Waals surface area contributed by atoms with Crippen LogP contribution in [0.2, 0.25) is 5.02 Å². The van der Waals surface area contributed by atoms with Crippen LogP contribution in [0.1, 0.15) is 17.9 Å². The molecule has 1 rings (SSSR count). The first-order chi connectivity index (χ1) is 8.29. The topological polar surface area (TPSA) is 46.5 Å². The minimum atomic E-state index is -4.75. The summed E-state index contributed by atoms with van der Waals surface area (Å²) in [6.07, 6.45) is -5.01. The van der Waals surface area contributed by atoms with Gasteiger partial charge in [-0.15, -0.1) is 13.2 Å². The maximum Gasteiger partial charge on any atom is 0.522 e. The highest BCUT2D eigenvalue weighted by Crippen LogP contribution is 2.24. The van der Waals surface area contributed by atoms with Crippen LogP contribution < -0.4 is 0 Å². The molecule has 7 heteroatoms. The van der Waals surface area contributed by atoms with E-state index in [0.29, 0.717) is 10.6 Å². The number of benzene rings is 1. The summed E-state index contributed by atoms with van der Waals surface area (Å²) in [4.78, 5) is 11.0. The summed E-state index contributed by atoms with van der Waals surface area (Å²) in [5.74, 6) is -2.26. The summed E-state index contributed by atoms with van der Waals surface area (Å²) in [5.41, 5.74) is 0.387. The molecular formula is C11H10ClF3O3. The second-order valence-electron chi connectivity index (χ2n) is 3.53. The third-order valence-corrected chi connectivity index (χ3v) is 2.49. The molecule has 0 spiro atoms. The van der Waals surface area contributed by atoms with Gasteiger partial charge in [-0.1, -0.05) is 23.7 Å². The maximum atomic E-state index is 11.8. The number of hydrogen-bond acceptors (Lipinski definition) is 2. The SMILES string of the molecule is O=C(O)C(CCOC(F)(F)F)c1ccc(Cl)cc1. The van der Waals surface area contributed by atoms with E-state index in [9.17, 15) is 18.0 Å². The van der Waals surface area contributed by atoms with Crippen LogP contribution in [0.3, 0.4) is 0 Å². The van der Waals surface area contributed by atoms with Gasteiger partial charge in [0.25, 0.3) is 0 Å². The van der Waals surface area contributed by atoms with Gasteiger partial charge < -0.3 is 5.11 Å². The average Bonchev–Trinajstić information content (AvgIpc) is 2.24. The van der Waals surface area contributed by atoms with Gasteiger partial charge in [-0.05, 0) is 24.1 Å². The van der Waals surface area contributed by atoms with Crippen LogP contribution in [-0.4, -0.2) is 24.0 Å². The molecule has 1 aromatic carbocycles. The number of rotatable bonds is 5. The Kier molecular flexibility index (Phi) is 4.98. The number of carbonyl (C=O) groups is 1. The molecule has 0 aliphatic carbocycles. The van der Waals surface area contributed by atoms with Gasteiger partial charge in [0, 0.05) is 5.02 Å². The molecule has 1 N–H and O–H groups in total. The van der Waals surface area contributed by atoms with Crippen molar-refractivity contribution < 1.29 is 27.8 Å². The summed E-state index contributed by atoms with van der Waals surface area (Å²) in [6, 6.07) is 5.90. The van der Waals surface area contributed by atoms with Gasteiger partial charge in [0.15, 0.2) is 0 Å². The molecule has 1 aromatic rings. The van der Waals surface area contributed by atoms with Crippen molar-refractivity contribution in [3.8, 4) is 0 Å². The van der Waals surface area contributed by atoms with Crippen molar-refractivity contribution in [3.63, 3.8) is 0 Å². The first-order valence-electron chi connectivity index (χ1n) is 4.98. The molecule has 0 aromatic heterocycles. The summed E-state index contributed by atoms with van der Waals surface area (Å²) >= 11 is 5.64. The van der Waals surface area contributed by atoms with Gasteiger partial charge >= 0.3 is 12.3 Å². The van der Waals surface area contributed by atoms with E-state index in [0.717, 1.165) is 0 Å². The van der Waals surface area contributed by atoms with E-state index in [1.165, 1.54) is 24.3 Å². The highest BCUT2D eigenvalue weighted by Gasteiger charge is 2.30. The molecule has 0 bridgehead atoms. The predicted molar refractivity (Wildman–Crippen MR) is 58.5 cm³/mol. The van der Waals surface area contributed by atoms with E-state index < -0.39 is 24.9 Å². The lowest BCUT2D eigenvalue weighted by Crippen LogP contribution is -2.19. The van der Waals surface area contributed by atoms with Crippen molar-refractivity contribution in [2.45, 2.75) is 18.7 Å². The molecule has 3 nitrogen and oxygen atoms in total. The number of carboxylic acids is 1. The predicted octanol–water partition coefficient (Wildman–Crippen LogP) is 3.43. The Labute approximate surface area is 106 Å². The fraction of sp³-hybridized carbons (Fsp3) is 0.364. The minimum absolute atomic E-state index is 0.267. The number of halogens is 4. The van der Waals surface area contributed by atoms with Gasteiger partial charge in [-0.25, -0.2) is 0 Å². The van der Waals surface area contributed by atoms with Crippen LogP contribution in [0.5, 0.6) is 0 Å². The number of aliphatic carboxylic acids is 1. The molecule has 0 saturated heterocycles. The van der Waals surface area contributed by atoms with Gasteiger partial charge in [0.05, 0.1) is 12.5 Å². The second-order valence-corrected chi connectivity index (χ2v) is 3.96. The Bertz CT molecular complexity index is 403. The summed E-state index contributed by atoms with van der Waals surface area (Å²) < 4.78 is 38.9. The van der Waals surface area contributed by atoms with Crippen LogP contribution in [0.4, 0.5) is 13.2 Å². The van der Waals surface area contributed by atoms with E-state index in [2.05, 4.69) is 4.74 Å². The Hall–Kier alpha value is -1.27. The molecule has 100 valence electrons. The largest absolute Gasteiger partial charge is 0.522 e. The van der Waals surface area contributed by atoms with Gasteiger partial charge in [0.1, 0.15) is 0 Å². The zero-order valence-corrected chi connectivity index (χ0v) is 9.83. The lowest BCUT2D eigenvalue weighted by atomic mass is 9.96. The average molecular weight is 283 g/mol. The Morgan fingerprint density at radius 3 is 2.33 bits per heavy atom. The minimum Gasteiger partial charge on any atom is -0.481 e. The molecule has 18 heavy (non-hydrogen) atoms. The quantitative estimate of drug-likeness (QED) is 0.900. The molecule has 0 saturated carbocycles. The Balaban J connectivity index is 2.66. The third-order valence-electron chi connectivity index (χ3n) is 2.24. The maximum absolute atomic E-state index is 11.8. The highest BCUT2D eigenvalue weighted by molar-refractivity contribution is 6.30. The summed E-state index contributed by atoms with van der Waals surface area (Å²) in [5, 5.41) is 9.38. The fourth-order valence-electron chi connectivity index (χ4n) is 1.42. The molecule has 0 aliphatic heterocycles. The number of ether oxygens (including phenoxy) is 1. The monoisotopic (exact) mass is 282 g/mol. The Morgan fingerprint density at radius 2 is 1.89 bits per heavy atom. The van der Waals surface area contributed by atoms with Crippen LogP contribution >= 0.6 is 11.6 Å². The van der Waals surface area contributed by atoms with Crippen molar-refractivity contribution in [2.75, 3.05) is 6.61 Å². The molecule has 0 radical (unpaired) electrons. The zero-order chi connectivity index (χ0) is 13.8. The summed E-state index contributed by atoms with van der Waals surface area (Å²) in [7, 11) is 0. The second kappa shape index (κ2) is 6.06. The first-order valence-corrected chi connectivity index (χ1v) is 5.36. The molecule has 1 atom stereocenters. The normalized spacial score (nSPS) is 13.3. The lowest BCUT2D eigenvalue weighted by Gasteiger charge is -2.13. The van der Waals surface area contributed by atoms with Crippen LogP contribution in [0.15, 0.2) is 24.3 Å². The molecule has 1 unspecified atom stereocenters. The van der Waals surface area contributed by atoms with Crippen LogP contribution in [0.25, 0.3) is 0 Å². The molecular weight excluding hydrogens is 273 g/mol. The molecule has 0 fully saturated rings. The van der Waals surface area contributed by atoms with Crippen LogP contribution in [-0.2, 0) is 9.53 Å². The smallest absolute Gasteiger partial charge is 0.481 e. The van der Waals surface area contributed by atoms with Crippen molar-refractivity contribution in [1.82, 2.24) is 0 Å². The van der Waals surface area contributed by atoms with Crippen molar-refractivity contribution in [2.24, 2.45) is 0 Å². The van der Waals surface area contributed by atoms with E-state index in [-0.39, 0.29) is 6.42 Å². The van der Waals surface area contributed by atoms with Crippen molar-refractivity contribution in [3.05, 3.63) is 34.9 Å². The van der Waals surface area contributed by atoms with E-state index >= 15 is 0 Å². The number of alkyl halides is 3. The molecule has 0 aliphatic rings. The molecule has 0 amide bonds. The van der Waals surface area contributed by atoms with E-state index in [1.807, 2.05) is 0 Å². The fourth-order valence-corrected chi connectivity index (χ4v) is 1.55. The summed E-state index contributed by atoms with van der Waals surface area (Å²) in [6.45, 7) is -0.705. The van der Waals surface area contributed by atoms with Crippen molar-refractivity contribution >= 4 is 17.6 Å². The van der Waals surface area contributed by atoms with Crippen LogP contribution in [0, 0.1) is 0 Å².